The maximum absolute atomic E-state index is 13.0. The molecule has 0 unspecified atom stereocenters. The minimum atomic E-state index is -0.524. The SMILES string of the molecule is CC(C)CNC(=O)NC(=O)CSc1nc2ccccc2c(=O)n1CCCOC(C)C. The van der Waals surface area contributed by atoms with E-state index in [-0.39, 0.29) is 23.3 Å². The summed E-state index contributed by atoms with van der Waals surface area (Å²) in [5.41, 5.74) is 0.428. The maximum Gasteiger partial charge on any atom is 0.321 e. The Morgan fingerprint density at radius 2 is 1.93 bits per heavy atom. The van der Waals surface area contributed by atoms with Crippen molar-refractivity contribution in [2.24, 2.45) is 5.92 Å². The number of benzene rings is 1. The molecule has 1 aromatic carbocycles. The third-order valence-electron chi connectivity index (χ3n) is 4.06. The second-order valence-corrected chi connectivity index (χ2v) is 8.52. The molecule has 0 bridgehead atoms. The predicted molar refractivity (Wildman–Crippen MR) is 119 cm³/mol. The summed E-state index contributed by atoms with van der Waals surface area (Å²) in [6.45, 7) is 9.29. The van der Waals surface area contributed by atoms with Gasteiger partial charge >= 0.3 is 6.03 Å². The zero-order valence-corrected chi connectivity index (χ0v) is 18.8. The molecule has 0 spiro atoms. The predicted octanol–water partition coefficient (Wildman–Crippen LogP) is 2.79. The lowest BCUT2D eigenvalue weighted by Gasteiger charge is -2.14. The van der Waals surface area contributed by atoms with E-state index in [1.165, 1.54) is 0 Å². The van der Waals surface area contributed by atoms with Gasteiger partial charge in [0.25, 0.3) is 5.56 Å². The smallest absolute Gasteiger partial charge is 0.321 e. The fourth-order valence-corrected chi connectivity index (χ4v) is 3.46. The van der Waals surface area contributed by atoms with Gasteiger partial charge in [-0.3, -0.25) is 19.5 Å². The van der Waals surface area contributed by atoms with Crippen LogP contribution in [-0.4, -0.2) is 46.5 Å². The minimum absolute atomic E-state index is 0.0254. The number of nitrogens with zero attached hydrogens (tertiary/aromatic N) is 2. The molecule has 8 nitrogen and oxygen atoms in total. The molecular formula is C21H30N4O4S. The fraction of sp³-hybridized carbons (Fsp3) is 0.524. The van der Waals surface area contributed by atoms with Crippen molar-refractivity contribution < 1.29 is 14.3 Å². The van der Waals surface area contributed by atoms with Crippen LogP contribution in [-0.2, 0) is 16.1 Å². The van der Waals surface area contributed by atoms with E-state index in [0.29, 0.717) is 42.2 Å². The summed E-state index contributed by atoms with van der Waals surface area (Å²) in [4.78, 5) is 41.4. The van der Waals surface area contributed by atoms with Gasteiger partial charge in [-0.1, -0.05) is 37.7 Å². The first-order valence-corrected chi connectivity index (χ1v) is 11.1. The van der Waals surface area contributed by atoms with Crippen LogP contribution in [0.15, 0.2) is 34.2 Å². The summed E-state index contributed by atoms with van der Waals surface area (Å²) in [7, 11) is 0. The van der Waals surface area contributed by atoms with Gasteiger partial charge in [-0.05, 0) is 38.3 Å². The zero-order chi connectivity index (χ0) is 22.1. The summed E-state index contributed by atoms with van der Waals surface area (Å²) in [6, 6.07) is 6.60. The third kappa shape index (κ3) is 7.46. The molecule has 1 heterocycles. The number of ether oxygens (including phenoxy) is 1. The van der Waals surface area contributed by atoms with Gasteiger partial charge in [0.05, 0.1) is 22.8 Å². The topological polar surface area (TPSA) is 102 Å². The molecule has 164 valence electrons. The van der Waals surface area contributed by atoms with Gasteiger partial charge in [0, 0.05) is 19.7 Å². The van der Waals surface area contributed by atoms with Crippen molar-refractivity contribution in [3.05, 3.63) is 34.6 Å². The Labute approximate surface area is 180 Å². The van der Waals surface area contributed by atoms with Crippen LogP contribution in [0.2, 0.25) is 0 Å². The number of nitrogens with one attached hydrogen (secondary N) is 2. The quantitative estimate of drug-likeness (QED) is 0.339. The first-order valence-electron chi connectivity index (χ1n) is 10.1. The van der Waals surface area contributed by atoms with Crippen molar-refractivity contribution in [3.63, 3.8) is 0 Å². The molecule has 0 radical (unpaired) electrons. The van der Waals surface area contributed by atoms with Gasteiger partial charge < -0.3 is 10.1 Å². The lowest BCUT2D eigenvalue weighted by Crippen LogP contribution is -2.41. The molecule has 1 aromatic heterocycles. The van der Waals surface area contributed by atoms with Gasteiger partial charge in [-0.15, -0.1) is 0 Å². The number of imide groups is 1. The number of carbonyl (C=O) groups excluding carboxylic acids is 2. The monoisotopic (exact) mass is 434 g/mol. The number of hydrogen-bond donors (Lipinski definition) is 2. The van der Waals surface area contributed by atoms with Crippen LogP contribution in [0.25, 0.3) is 10.9 Å². The average Bonchev–Trinajstić information content (AvgIpc) is 2.69. The van der Waals surface area contributed by atoms with E-state index >= 15 is 0 Å². The zero-order valence-electron chi connectivity index (χ0n) is 17.9. The molecular weight excluding hydrogens is 404 g/mol. The third-order valence-corrected chi connectivity index (χ3v) is 5.04. The second-order valence-electron chi connectivity index (χ2n) is 7.58. The standard InChI is InChI=1S/C21H30N4O4S/c1-14(2)12-22-20(28)24-18(26)13-30-21-23-17-9-6-5-8-16(17)19(27)25(21)10-7-11-29-15(3)4/h5-6,8-9,14-15H,7,10-13H2,1-4H3,(H2,22,24,26,28). The summed E-state index contributed by atoms with van der Waals surface area (Å²) >= 11 is 1.13. The molecule has 3 amide bonds. The molecule has 2 rings (SSSR count). The van der Waals surface area contributed by atoms with Crippen molar-refractivity contribution in [1.82, 2.24) is 20.2 Å². The van der Waals surface area contributed by atoms with Crippen molar-refractivity contribution in [1.29, 1.82) is 0 Å². The van der Waals surface area contributed by atoms with Gasteiger partial charge in [0.1, 0.15) is 0 Å². The number of carbonyl (C=O) groups is 2. The molecule has 9 heteroatoms. The maximum atomic E-state index is 13.0. The molecule has 0 fully saturated rings. The fourth-order valence-electron chi connectivity index (χ4n) is 2.63. The average molecular weight is 435 g/mol. The minimum Gasteiger partial charge on any atom is -0.379 e. The van der Waals surface area contributed by atoms with Crippen LogP contribution >= 0.6 is 11.8 Å². The molecule has 0 saturated carbocycles. The van der Waals surface area contributed by atoms with Crippen LogP contribution < -0.4 is 16.2 Å². The van der Waals surface area contributed by atoms with Crippen molar-refractivity contribution in [2.75, 3.05) is 18.9 Å². The Morgan fingerprint density at radius 1 is 1.20 bits per heavy atom. The molecule has 2 N–H and O–H groups in total. The van der Waals surface area contributed by atoms with Gasteiger partial charge in [-0.2, -0.15) is 0 Å². The number of fused-ring (bicyclic) bond motifs is 1. The highest BCUT2D eigenvalue weighted by Crippen LogP contribution is 2.18. The van der Waals surface area contributed by atoms with E-state index < -0.39 is 11.9 Å². The molecule has 0 aliphatic rings. The van der Waals surface area contributed by atoms with Crippen LogP contribution in [0.5, 0.6) is 0 Å². The van der Waals surface area contributed by atoms with Crippen LogP contribution in [0.1, 0.15) is 34.1 Å². The Kier molecular flexibility index (Phi) is 9.32. The Hall–Kier alpha value is -2.39. The number of aromatic nitrogens is 2. The summed E-state index contributed by atoms with van der Waals surface area (Å²) < 4.78 is 7.13. The van der Waals surface area contributed by atoms with E-state index in [1.54, 1.807) is 22.8 Å². The number of para-hydroxylation sites is 1. The van der Waals surface area contributed by atoms with Crippen molar-refractivity contribution >= 4 is 34.6 Å². The number of rotatable bonds is 10. The van der Waals surface area contributed by atoms with Crippen LogP contribution in [0, 0.1) is 5.92 Å². The molecule has 30 heavy (non-hydrogen) atoms. The molecule has 0 aliphatic heterocycles. The number of thioether (sulfide) groups is 1. The van der Waals surface area contributed by atoms with Gasteiger partial charge in [0.2, 0.25) is 5.91 Å². The number of urea groups is 1. The summed E-state index contributed by atoms with van der Waals surface area (Å²) in [6.07, 6.45) is 0.769. The normalized spacial score (nSPS) is 11.3. The Morgan fingerprint density at radius 3 is 2.63 bits per heavy atom. The Bertz CT molecular complexity index is 927. The Balaban J connectivity index is 2.10. The van der Waals surface area contributed by atoms with E-state index in [0.717, 1.165) is 11.8 Å². The number of amides is 3. The highest BCUT2D eigenvalue weighted by molar-refractivity contribution is 7.99. The van der Waals surface area contributed by atoms with E-state index in [9.17, 15) is 14.4 Å². The lowest BCUT2D eigenvalue weighted by molar-refractivity contribution is -0.117. The molecule has 2 aromatic rings. The highest BCUT2D eigenvalue weighted by atomic mass is 32.2. The number of hydrogen-bond acceptors (Lipinski definition) is 6. The lowest BCUT2D eigenvalue weighted by atomic mass is 10.2. The largest absolute Gasteiger partial charge is 0.379 e. The summed E-state index contributed by atoms with van der Waals surface area (Å²) in [5.74, 6) is -0.183. The van der Waals surface area contributed by atoms with E-state index in [2.05, 4.69) is 15.6 Å². The molecule has 0 aliphatic carbocycles. The van der Waals surface area contributed by atoms with E-state index in [4.69, 9.17) is 4.74 Å². The molecule has 0 atom stereocenters. The molecule has 0 saturated heterocycles. The van der Waals surface area contributed by atoms with Crippen LogP contribution in [0.3, 0.4) is 0 Å². The highest BCUT2D eigenvalue weighted by Gasteiger charge is 2.14. The van der Waals surface area contributed by atoms with Crippen molar-refractivity contribution in [3.8, 4) is 0 Å². The van der Waals surface area contributed by atoms with Crippen molar-refractivity contribution in [2.45, 2.75) is 51.9 Å². The van der Waals surface area contributed by atoms with E-state index in [1.807, 2.05) is 33.8 Å². The first-order chi connectivity index (χ1) is 14.3. The second kappa shape index (κ2) is 11.7. The van der Waals surface area contributed by atoms with Gasteiger partial charge in [0.15, 0.2) is 5.16 Å². The summed E-state index contributed by atoms with van der Waals surface area (Å²) in [5, 5.41) is 5.91. The first kappa shape index (κ1) is 23.9. The van der Waals surface area contributed by atoms with Crippen LogP contribution in [0.4, 0.5) is 4.79 Å². The van der Waals surface area contributed by atoms with Gasteiger partial charge in [-0.25, -0.2) is 9.78 Å².